The van der Waals surface area contributed by atoms with Gasteiger partial charge >= 0.3 is 0 Å². The van der Waals surface area contributed by atoms with Gasteiger partial charge in [0.1, 0.15) is 0 Å². The second-order valence-corrected chi connectivity index (χ2v) is 4.97. The van der Waals surface area contributed by atoms with Crippen LogP contribution in [0.4, 0.5) is 0 Å². The lowest BCUT2D eigenvalue weighted by atomic mass is 10.1. The summed E-state index contributed by atoms with van der Waals surface area (Å²) in [5.74, 6) is 1.30. The lowest BCUT2D eigenvalue weighted by molar-refractivity contribution is -0.0865. The molecule has 2 heterocycles. The van der Waals surface area contributed by atoms with Crippen LogP contribution in [0.1, 0.15) is 17.3 Å². The number of nitrogens with zero attached hydrogens (tertiary/aromatic N) is 2. The van der Waals surface area contributed by atoms with Crippen LogP contribution in [0.3, 0.4) is 0 Å². The summed E-state index contributed by atoms with van der Waals surface area (Å²) in [6.07, 6.45) is 0.787. The highest BCUT2D eigenvalue weighted by molar-refractivity contribution is 5.18. The van der Waals surface area contributed by atoms with Crippen molar-refractivity contribution in [2.24, 2.45) is 0 Å². The maximum Gasteiger partial charge on any atom is 0.240 e. The van der Waals surface area contributed by atoms with E-state index in [1.54, 1.807) is 0 Å². The standard InChI is InChI=1S/C15H19N3O3/c1-2-4-12(5-3-1)8-14-17-15(21-18-14)10-16-9-13-11-19-6-7-20-13/h1-5,13,16H,6-11H2. The highest BCUT2D eigenvalue weighted by Gasteiger charge is 2.14. The van der Waals surface area contributed by atoms with Gasteiger partial charge in [0.2, 0.25) is 5.89 Å². The lowest BCUT2D eigenvalue weighted by Gasteiger charge is -2.22. The first-order valence-electron chi connectivity index (χ1n) is 7.15. The molecule has 1 aromatic carbocycles. The van der Waals surface area contributed by atoms with Crippen molar-refractivity contribution in [1.29, 1.82) is 0 Å². The van der Waals surface area contributed by atoms with Crippen molar-refractivity contribution in [1.82, 2.24) is 15.5 Å². The summed E-state index contributed by atoms with van der Waals surface area (Å²) >= 11 is 0. The predicted molar refractivity (Wildman–Crippen MR) is 75.8 cm³/mol. The van der Waals surface area contributed by atoms with Gasteiger partial charge in [0, 0.05) is 13.0 Å². The summed E-state index contributed by atoms with van der Waals surface area (Å²) in [5, 5.41) is 7.24. The Kier molecular flexibility index (Phi) is 4.94. The van der Waals surface area contributed by atoms with E-state index in [0.29, 0.717) is 44.5 Å². The first-order valence-corrected chi connectivity index (χ1v) is 7.15. The van der Waals surface area contributed by atoms with E-state index in [-0.39, 0.29) is 6.10 Å². The number of hydrogen-bond donors (Lipinski definition) is 1. The van der Waals surface area contributed by atoms with Crippen molar-refractivity contribution >= 4 is 0 Å². The van der Waals surface area contributed by atoms with E-state index < -0.39 is 0 Å². The van der Waals surface area contributed by atoms with Crippen LogP contribution in [0.5, 0.6) is 0 Å². The number of aromatic nitrogens is 2. The summed E-state index contributed by atoms with van der Waals surface area (Å²) in [6, 6.07) is 10.1. The molecule has 112 valence electrons. The van der Waals surface area contributed by atoms with Crippen molar-refractivity contribution < 1.29 is 14.0 Å². The molecular weight excluding hydrogens is 270 g/mol. The molecule has 21 heavy (non-hydrogen) atoms. The Hall–Kier alpha value is -1.76. The molecule has 0 radical (unpaired) electrons. The zero-order chi connectivity index (χ0) is 14.3. The number of rotatable bonds is 6. The Bertz CT molecular complexity index is 538. The molecule has 1 atom stereocenters. The first-order chi connectivity index (χ1) is 10.4. The molecule has 0 saturated carbocycles. The summed E-state index contributed by atoms with van der Waals surface area (Å²) in [6.45, 7) is 3.24. The molecule has 6 heteroatoms. The Labute approximate surface area is 123 Å². The van der Waals surface area contributed by atoms with Crippen LogP contribution in [0, 0.1) is 0 Å². The molecule has 1 fully saturated rings. The predicted octanol–water partition coefficient (Wildman–Crippen LogP) is 1.17. The van der Waals surface area contributed by atoms with Gasteiger partial charge in [-0.1, -0.05) is 35.5 Å². The minimum atomic E-state index is 0.102. The molecule has 0 bridgehead atoms. The van der Waals surface area contributed by atoms with E-state index in [9.17, 15) is 0 Å². The SMILES string of the molecule is c1ccc(Cc2noc(CNCC3COCCO3)n2)cc1. The largest absolute Gasteiger partial charge is 0.376 e. The number of nitrogens with one attached hydrogen (secondary N) is 1. The van der Waals surface area contributed by atoms with Gasteiger partial charge < -0.3 is 19.3 Å². The van der Waals surface area contributed by atoms with Crippen LogP contribution in [-0.2, 0) is 22.4 Å². The molecule has 1 unspecified atom stereocenters. The molecule has 0 spiro atoms. The average Bonchev–Trinajstić information content (AvgIpc) is 2.97. The van der Waals surface area contributed by atoms with E-state index in [1.165, 1.54) is 5.56 Å². The van der Waals surface area contributed by atoms with Gasteiger partial charge in [-0.2, -0.15) is 4.98 Å². The molecule has 1 aliphatic heterocycles. The van der Waals surface area contributed by atoms with Gasteiger partial charge in [0.15, 0.2) is 5.82 Å². The summed E-state index contributed by atoms with van der Waals surface area (Å²) in [4.78, 5) is 4.38. The molecular formula is C15H19N3O3. The van der Waals surface area contributed by atoms with Gasteiger partial charge in [-0.3, -0.25) is 0 Å². The molecule has 1 aromatic heterocycles. The average molecular weight is 289 g/mol. The number of hydrogen-bond acceptors (Lipinski definition) is 6. The molecule has 3 rings (SSSR count). The molecule has 0 aliphatic carbocycles. The molecule has 1 saturated heterocycles. The molecule has 2 aromatic rings. The van der Waals surface area contributed by atoms with E-state index >= 15 is 0 Å². The van der Waals surface area contributed by atoms with Crippen LogP contribution in [0.2, 0.25) is 0 Å². The van der Waals surface area contributed by atoms with Crippen molar-refractivity contribution in [3.8, 4) is 0 Å². The first kappa shape index (κ1) is 14.2. The topological polar surface area (TPSA) is 69.4 Å². The van der Waals surface area contributed by atoms with Crippen molar-refractivity contribution in [3.05, 3.63) is 47.6 Å². The molecule has 1 N–H and O–H groups in total. The van der Waals surface area contributed by atoms with Gasteiger partial charge in [0.05, 0.1) is 32.5 Å². The summed E-state index contributed by atoms with van der Waals surface area (Å²) in [5.41, 5.74) is 1.17. The summed E-state index contributed by atoms with van der Waals surface area (Å²) in [7, 11) is 0. The maximum atomic E-state index is 5.55. The van der Waals surface area contributed by atoms with Gasteiger partial charge in [-0.25, -0.2) is 0 Å². The Balaban J connectivity index is 1.44. The molecule has 1 aliphatic rings. The fourth-order valence-corrected chi connectivity index (χ4v) is 2.21. The van der Waals surface area contributed by atoms with Crippen LogP contribution < -0.4 is 5.32 Å². The normalized spacial score (nSPS) is 18.8. The smallest absolute Gasteiger partial charge is 0.240 e. The van der Waals surface area contributed by atoms with Crippen molar-refractivity contribution in [2.45, 2.75) is 19.1 Å². The van der Waals surface area contributed by atoms with Crippen molar-refractivity contribution in [2.75, 3.05) is 26.4 Å². The van der Waals surface area contributed by atoms with Crippen LogP contribution in [-0.4, -0.2) is 42.6 Å². The molecule has 0 amide bonds. The van der Waals surface area contributed by atoms with Gasteiger partial charge in [0.25, 0.3) is 0 Å². The molecule has 6 nitrogen and oxygen atoms in total. The number of benzene rings is 1. The second kappa shape index (κ2) is 7.31. The van der Waals surface area contributed by atoms with Crippen LogP contribution in [0.15, 0.2) is 34.9 Å². The van der Waals surface area contributed by atoms with Gasteiger partial charge in [-0.05, 0) is 5.56 Å². The monoisotopic (exact) mass is 289 g/mol. The zero-order valence-electron chi connectivity index (χ0n) is 11.8. The van der Waals surface area contributed by atoms with E-state index in [1.807, 2.05) is 18.2 Å². The fourth-order valence-electron chi connectivity index (χ4n) is 2.21. The maximum absolute atomic E-state index is 5.55. The van der Waals surface area contributed by atoms with Gasteiger partial charge in [-0.15, -0.1) is 0 Å². The lowest BCUT2D eigenvalue weighted by Crippen LogP contribution is -2.37. The Morgan fingerprint density at radius 3 is 2.90 bits per heavy atom. The van der Waals surface area contributed by atoms with Crippen molar-refractivity contribution in [3.63, 3.8) is 0 Å². The van der Waals surface area contributed by atoms with Crippen LogP contribution >= 0.6 is 0 Å². The van der Waals surface area contributed by atoms with E-state index in [0.717, 1.165) is 6.54 Å². The van der Waals surface area contributed by atoms with Crippen LogP contribution in [0.25, 0.3) is 0 Å². The quantitative estimate of drug-likeness (QED) is 0.861. The van der Waals surface area contributed by atoms with E-state index in [4.69, 9.17) is 14.0 Å². The minimum absolute atomic E-state index is 0.102. The third-order valence-corrected chi connectivity index (χ3v) is 3.25. The Morgan fingerprint density at radius 2 is 2.10 bits per heavy atom. The highest BCUT2D eigenvalue weighted by atomic mass is 16.6. The number of ether oxygens (including phenoxy) is 2. The Morgan fingerprint density at radius 1 is 1.19 bits per heavy atom. The third kappa shape index (κ3) is 4.35. The fraction of sp³-hybridized carbons (Fsp3) is 0.467. The summed E-state index contributed by atoms with van der Waals surface area (Å²) < 4.78 is 16.1. The van der Waals surface area contributed by atoms with E-state index in [2.05, 4.69) is 27.6 Å². The minimum Gasteiger partial charge on any atom is -0.376 e. The zero-order valence-corrected chi connectivity index (χ0v) is 11.8. The highest BCUT2D eigenvalue weighted by Crippen LogP contribution is 2.06. The third-order valence-electron chi connectivity index (χ3n) is 3.25. The second-order valence-electron chi connectivity index (χ2n) is 4.97.